The fraction of sp³-hybridized carbons (Fsp3) is 0. The number of aromatic amines is 1. The molecule has 0 aliphatic carbocycles. The number of hydrogen-bond acceptors (Lipinski definition) is 1. The van der Waals surface area contributed by atoms with Crippen LogP contribution in [0, 0.1) is 0 Å². The molecule has 0 saturated carbocycles. The summed E-state index contributed by atoms with van der Waals surface area (Å²) in [5, 5.41) is 0.509. The number of pyridine rings is 1. The summed E-state index contributed by atoms with van der Waals surface area (Å²) in [6.45, 7) is 0. The van der Waals surface area contributed by atoms with Gasteiger partial charge in [-0.25, -0.2) is 0 Å². The van der Waals surface area contributed by atoms with Crippen molar-refractivity contribution in [2.45, 2.75) is 0 Å². The Labute approximate surface area is 65.0 Å². The maximum Gasteiger partial charge on any atom is 0.248 e. The molecule has 0 spiro atoms. The maximum absolute atomic E-state index is 10.5. The Kier molecular flexibility index (Phi) is 1.93. The Hall–Kier alpha value is -0.280. The van der Waals surface area contributed by atoms with Crippen LogP contribution in [0.3, 0.4) is 0 Å². The minimum atomic E-state index is -0.161. The molecule has 1 aromatic rings. The first kappa shape index (κ1) is 6.83. The van der Waals surface area contributed by atoms with E-state index in [1.54, 1.807) is 0 Å². The fourth-order valence-corrected chi connectivity index (χ4v) is 0.869. The van der Waals surface area contributed by atoms with E-state index in [0.29, 0.717) is 9.63 Å². The van der Waals surface area contributed by atoms with Crippen molar-refractivity contribution in [2.75, 3.05) is 0 Å². The van der Waals surface area contributed by atoms with Gasteiger partial charge in [0.25, 0.3) is 0 Å². The van der Waals surface area contributed by atoms with Gasteiger partial charge in [-0.2, -0.15) is 0 Å². The third-order valence-electron chi connectivity index (χ3n) is 0.824. The predicted octanol–water partition coefficient (Wildman–Crippen LogP) is 1.79. The monoisotopic (exact) mass is 207 g/mol. The van der Waals surface area contributed by atoms with E-state index in [1.807, 2.05) is 0 Å². The molecular weight excluding hydrogens is 205 g/mol. The molecular formula is C5H3BrClNO. The van der Waals surface area contributed by atoms with Gasteiger partial charge in [0, 0.05) is 6.07 Å². The van der Waals surface area contributed by atoms with Gasteiger partial charge in [-0.1, -0.05) is 11.6 Å². The van der Waals surface area contributed by atoms with Crippen molar-refractivity contribution >= 4 is 27.5 Å². The lowest BCUT2D eigenvalue weighted by atomic mass is 10.5. The molecule has 0 unspecified atom stereocenters. The van der Waals surface area contributed by atoms with Gasteiger partial charge in [0.05, 0.1) is 5.02 Å². The summed E-state index contributed by atoms with van der Waals surface area (Å²) >= 11 is 8.62. The molecule has 9 heavy (non-hydrogen) atoms. The van der Waals surface area contributed by atoms with Gasteiger partial charge in [-0.3, -0.25) is 4.79 Å². The van der Waals surface area contributed by atoms with E-state index in [9.17, 15) is 4.79 Å². The first-order valence-electron chi connectivity index (χ1n) is 2.24. The number of nitrogens with one attached hydrogen (secondary N) is 1. The van der Waals surface area contributed by atoms with Crippen molar-refractivity contribution in [1.29, 1.82) is 0 Å². The zero-order chi connectivity index (χ0) is 6.85. The van der Waals surface area contributed by atoms with Crippen molar-refractivity contribution in [3.05, 3.63) is 32.1 Å². The second-order valence-electron chi connectivity index (χ2n) is 1.48. The molecule has 4 heteroatoms. The lowest BCUT2D eigenvalue weighted by molar-refractivity contribution is 1.20. The fourth-order valence-electron chi connectivity index (χ4n) is 0.432. The van der Waals surface area contributed by atoms with E-state index >= 15 is 0 Å². The van der Waals surface area contributed by atoms with Crippen LogP contribution in [0.15, 0.2) is 21.5 Å². The Bertz CT molecular complexity index is 270. The zero-order valence-electron chi connectivity index (χ0n) is 4.32. The third kappa shape index (κ3) is 1.56. The van der Waals surface area contributed by atoms with Gasteiger partial charge in [-0.15, -0.1) is 0 Å². The van der Waals surface area contributed by atoms with Crippen molar-refractivity contribution in [3.63, 3.8) is 0 Å². The van der Waals surface area contributed by atoms with Crippen molar-refractivity contribution in [2.24, 2.45) is 0 Å². The topological polar surface area (TPSA) is 32.9 Å². The summed E-state index contributed by atoms with van der Waals surface area (Å²) in [4.78, 5) is 13.0. The maximum atomic E-state index is 10.5. The number of halogens is 2. The molecule has 0 saturated heterocycles. The van der Waals surface area contributed by atoms with Crippen LogP contribution in [0.5, 0.6) is 0 Å². The highest BCUT2D eigenvalue weighted by Gasteiger charge is 1.93. The number of hydrogen-bond donors (Lipinski definition) is 1. The normalized spacial score (nSPS) is 9.56. The molecule has 48 valence electrons. The molecule has 2 nitrogen and oxygen atoms in total. The smallest absolute Gasteiger partial charge is 0.248 e. The number of aromatic nitrogens is 1. The zero-order valence-corrected chi connectivity index (χ0v) is 6.66. The minimum absolute atomic E-state index is 0.161. The summed E-state index contributed by atoms with van der Waals surface area (Å²) < 4.78 is 0.525. The van der Waals surface area contributed by atoms with Crippen LogP contribution >= 0.6 is 27.5 Å². The molecule has 0 radical (unpaired) electrons. The summed E-state index contributed by atoms with van der Waals surface area (Å²) in [5.74, 6) is 0. The molecule has 0 aliphatic heterocycles. The number of H-pyrrole nitrogens is 1. The Morgan fingerprint density at radius 3 is 2.67 bits per heavy atom. The largest absolute Gasteiger partial charge is 0.315 e. The average molecular weight is 208 g/mol. The van der Waals surface area contributed by atoms with Crippen LogP contribution in [0.25, 0.3) is 0 Å². The highest BCUT2D eigenvalue weighted by molar-refractivity contribution is 9.10. The van der Waals surface area contributed by atoms with Crippen molar-refractivity contribution in [3.8, 4) is 0 Å². The Balaban J connectivity index is 3.34. The van der Waals surface area contributed by atoms with Crippen LogP contribution in [0.1, 0.15) is 0 Å². The second-order valence-corrected chi connectivity index (χ2v) is 2.68. The highest BCUT2D eigenvalue weighted by Crippen LogP contribution is 2.15. The Morgan fingerprint density at radius 2 is 2.22 bits per heavy atom. The average Bonchev–Trinajstić information content (AvgIpc) is 1.80. The first-order valence-corrected chi connectivity index (χ1v) is 3.41. The van der Waals surface area contributed by atoms with E-state index in [-0.39, 0.29) is 5.56 Å². The van der Waals surface area contributed by atoms with Crippen molar-refractivity contribution < 1.29 is 0 Å². The summed E-state index contributed by atoms with van der Waals surface area (Å²) in [7, 11) is 0. The van der Waals surface area contributed by atoms with Gasteiger partial charge in [0.2, 0.25) is 5.56 Å². The quantitative estimate of drug-likeness (QED) is 0.648. The molecule has 0 aromatic carbocycles. The summed E-state index contributed by atoms with van der Waals surface area (Å²) in [6, 6.07) is 2.90. The molecule has 0 fully saturated rings. The van der Waals surface area contributed by atoms with E-state index in [4.69, 9.17) is 11.6 Å². The molecule has 1 rings (SSSR count). The molecule has 0 bridgehead atoms. The SMILES string of the molecule is O=c1ccc(Cl)c(Br)[nH]1. The summed E-state index contributed by atoms with van der Waals surface area (Å²) in [5.41, 5.74) is -0.161. The lowest BCUT2D eigenvalue weighted by Gasteiger charge is -1.89. The second kappa shape index (κ2) is 2.54. The minimum Gasteiger partial charge on any atom is -0.315 e. The van der Waals surface area contributed by atoms with Gasteiger partial charge in [0.15, 0.2) is 0 Å². The molecule has 1 aromatic heterocycles. The van der Waals surface area contributed by atoms with E-state index < -0.39 is 0 Å². The van der Waals surface area contributed by atoms with Crippen LogP contribution < -0.4 is 5.56 Å². The van der Waals surface area contributed by atoms with Gasteiger partial charge < -0.3 is 4.98 Å². The first-order chi connectivity index (χ1) is 4.20. The molecule has 0 aliphatic rings. The predicted molar refractivity (Wildman–Crippen MR) is 39.8 cm³/mol. The van der Waals surface area contributed by atoms with Crippen molar-refractivity contribution in [1.82, 2.24) is 4.98 Å². The van der Waals surface area contributed by atoms with E-state index in [2.05, 4.69) is 20.9 Å². The van der Waals surface area contributed by atoms with Gasteiger partial charge >= 0.3 is 0 Å². The molecule has 0 atom stereocenters. The third-order valence-corrected chi connectivity index (χ3v) is 1.99. The van der Waals surface area contributed by atoms with Crippen LogP contribution in [0.2, 0.25) is 5.02 Å². The standard InChI is InChI=1S/C5H3BrClNO/c6-5-3(7)1-2-4(9)8-5/h1-2H,(H,8,9). The molecule has 0 amide bonds. The van der Waals surface area contributed by atoms with E-state index in [1.165, 1.54) is 12.1 Å². The summed E-state index contributed by atoms with van der Waals surface area (Å²) in [6.07, 6.45) is 0. The van der Waals surface area contributed by atoms with Gasteiger partial charge in [0.1, 0.15) is 4.60 Å². The molecule has 1 N–H and O–H groups in total. The van der Waals surface area contributed by atoms with E-state index in [0.717, 1.165) is 0 Å². The lowest BCUT2D eigenvalue weighted by Crippen LogP contribution is -2.02. The highest BCUT2D eigenvalue weighted by atomic mass is 79.9. The van der Waals surface area contributed by atoms with Gasteiger partial charge in [-0.05, 0) is 22.0 Å². The Morgan fingerprint density at radius 1 is 1.56 bits per heavy atom. The van der Waals surface area contributed by atoms with Crippen LogP contribution in [-0.4, -0.2) is 4.98 Å². The van der Waals surface area contributed by atoms with Crippen LogP contribution in [-0.2, 0) is 0 Å². The van der Waals surface area contributed by atoms with Crippen LogP contribution in [0.4, 0.5) is 0 Å². The molecule has 1 heterocycles. The number of rotatable bonds is 0.